The summed E-state index contributed by atoms with van der Waals surface area (Å²) >= 11 is 0. The van der Waals surface area contributed by atoms with Crippen molar-refractivity contribution in [3.05, 3.63) is 41.6 Å². The molecule has 0 aliphatic heterocycles. The first-order valence-electron chi connectivity index (χ1n) is 7.00. The summed E-state index contributed by atoms with van der Waals surface area (Å²) < 4.78 is 22.3. The fourth-order valence-electron chi connectivity index (χ4n) is 1.73. The van der Waals surface area contributed by atoms with Gasteiger partial charge in [0.15, 0.2) is 0 Å². The molecule has 0 unspecified atom stereocenters. The molecular weight excluding hydrogens is 316 g/mol. The molecule has 23 heavy (non-hydrogen) atoms. The third-order valence-electron chi connectivity index (χ3n) is 2.84. The monoisotopic (exact) mass is 336 g/mol. The van der Waals surface area contributed by atoms with Crippen molar-refractivity contribution in [2.24, 2.45) is 5.14 Å². The first-order valence-corrected chi connectivity index (χ1v) is 8.55. The van der Waals surface area contributed by atoms with E-state index >= 15 is 0 Å². The molecule has 8 heteroatoms. The van der Waals surface area contributed by atoms with Gasteiger partial charge in [-0.3, -0.25) is 4.79 Å². The molecule has 1 aromatic carbocycles. The Hall–Kier alpha value is -2.37. The van der Waals surface area contributed by atoms with Crippen LogP contribution in [-0.2, 0) is 21.2 Å². The number of hydrogen-bond donors (Lipinski definition) is 3. The number of primary sulfonamides is 1. The number of carbonyl (C=O) groups excluding carboxylic acids is 1. The molecule has 1 amide bonds. The molecule has 0 radical (unpaired) electrons. The highest BCUT2D eigenvalue weighted by Gasteiger charge is 2.09. The average Bonchev–Trinajstić information content (AvgIpc) is 2.46. The van der Waals surface area contributed by atoms with Gasteiger partial charge in [-0.15, -0.1) is 0 Å². The molecule has 7 nitrogen and oxygen atoms in total. The Morgan fingerprint density at radius 2 is 1.96 bits per heavy atom. The molecule has 0 saturated carbocycles. The maximum atomic E-state index is 11.7. The highest BCUT2D eigenvalue weighted by atomic mass is 32.2. The number of carbonyl (C=O) groups is 1. The summed E-state index contributed by atoms with van der Waals surface area (Å²) in [6, 6.07) is 8.01. The predicted octanol–water partition coefficient (Wildman–Crippen LogP) is 0.398. The van der Waals surface area contributed by atoms with Crippen molar-refractivity contribution in [3.63, 3.8) is 0 Å². The van der Waals surface area contributed by atoms with Gasteiger partial charge in [-0.2, -0.15) is 5.26 Å². The first-order chi connectivity index (χ1) is 10.7. The third kappa shape index (κ3) is 6.50. The quantitative estimate of drug-likeness (QED) is 0.377. The summed E-state index contributed by atoms with van der Waals surface area (Å²) in [7, 11) is -3.68. The number of sulfonamides is 1. The fraction of sp³-hybridized carbons (Fsp3) is 0.333. The van der Waals surface area contributed by atoms with E-state index in [9.17, 15) is 13.2 Å². The molecular formula is C15H20N4O3S. The van der Waals surface area contributed by atoms with Gasteiger partial charge in [-0.1, -0.05) is 12.1 Å². The first kappa shape index (κ1) is 18.7. The zero-order valence-corrected chi connectivity index (χ0v) is 13.9. The number of hydrogen-bond acceptors (Lipinski definition) is 5. The lowest BCUT2D eigenvalue weighted by atomic mass is 10.1. The average molecular weight is 336 g/mol. The zero-order valence-electron chi connectivity index (χ0n) is 13.0. The lowest BCUT2D eigenvalue weighted by Gasteiger charge is -2.07. The van der Waals surface area contributed by atoms with Crippen molar-refractivity contribution >= 4 is 15.9 Å². The summed E-state index contributed by atoms with van der Waals surface area (Å²) in [6.07, 6.45) is 1.97. The summed E-state index contributed by atoms with van der Waals surface area (Å²) in [4.78, 5) is 11.7. The predicted molar refractivity (Wildman–Crippen MR) is 86.5 cm³/mol. The SMILES string of the molecule is CC(C)NC(=O)/C(C#N)=C\NCCc1ccc(S(N)(=O)=O)cc1. The van der Waals surface area contributed by atoms with E-state index in [0.29, 0.717) is 13.0 Å². The van der Waals surface area contributed by atoms with Crippen molar-refractivity contribution in [2.45, 2.75) is 31.2 Å². The Morgan fingerprint density at radius 1 is 1.35 bits per heavy atom. The van der Waals surface area contributed by atoms with Gasteiger partial charge < -0.3 is 10.6 Å². The smallest absolute Gasteiger partial charge is 0.263 e. The fourth-order valence-corrected chi connectivity index (χ4v) is 2.24. The Balaban J connectivity index is 2.55. The lowest BCUT2D eigenvalue weighted by molar-refractivity contribution is -0.117. The molecule has 0 aromatic heterocycles. The topological polar surface area (TPSA) is 125 Å². The molecule has 0 fully saturated rings. The van der Waals surface area contributed by atoms with Crippen LogP contribution in [0, 0.1) is 11.3 Å². The van der Waals surface area contributed by atoms with Crippen molar-refractivity contribution < 1.29 is 13.2 Å². The molecule has 0 aliphatic rings. The summed E-state index contributed by atoms with van der Waals surface area (Å²) in [5, 5.41) is 19.5. The molecule has 0 atom stereocenters. The lowest BCUT2D eigenvalue weighted by Crippen LogP contribution is -2.31. The molecule has 0 spiro atoms. The van der Waals surface area contributed by atoms with Crippen LogP contribution in [0.5, 0.6) is 0 Å². The minimum Gasteiger partial charge on any atom is -0.389 e. The maximum absolute atomic E-state index is 11.7. The van der Waals surface area contributed by atoms with Crippen molar-refractivity contribution in [3.8, 4) is 6.07 Å². The normalized spacial score (nSPS) is 11.9. The molecule has 0 bridgehead atoms. The van der Waals surface area contributed by atoms with Gasteiger partial charge in [-0.25, -0.2) is 13.6 Å². The van der Waals surface area contributed by atoms with Crippen molar-refractivity contribution in [1.29, 1.82) is 5.26 Å². The van der Waals surface area contributed by atoms with Crippen LogP contribution in [0.2, 0.25) is 0 Å². The molecule has 0 saturated heterocycles. The van der Waals surface area contributed by atoms with Crippen LogP contribution in [0.3, 0.4) is 0 Å². The van der Waals surface area contributed by atoms with E-state index in [1.165, 1.54) is 18.3 Å². The van der Waals surface area contributed by atoms with Crippen molar-refractivity contribution in [1.82, 2.24) is 10.6 Å². The summed E-state index contributed by atoms with van der Waals surface area (Å²) in [6.45, 7) is 4.12. The molecule has 124 valence electrons. The van der Waals surface area contributed by atoms with Crippen molar-refractivity contribution in [2.75, 3.05) is 6.54 Å². The number of benzene rings is 1. The molecule has 0 heterocycles. The van der Waals surface area contributed by atoms with Gasteiger partial charge >= 0.3 is 0 Å². The molecule has 4 N–H and O–H groups in total. The molecule has 0 aliphatic carbocycles. The molecule has 1 rings (SSSR count). The zero-order chi connectivity index (χ0) is 17.5. The number of nitrogens with one attached hydrogen (secondary N) is 2. The second-order valence-corrected chi connectivity index (χ2v) is 6.75. The summed E-state index contributed by atoms with van der Waals surface area (Å²) in [5.41, 5.74) is 0.909. The highest BCUT2D eigenvalue weighted by Crippen LogP contribution is 2.08. The number of rotatable bonds is 7. The van der Waals surface area contributed by atoms with E-state index in [1.54, 1.807) is 12.1 Å². The van der Waals surface area contributed by atoms with Crippen LogP contribution < -0.4 is 15.8 Å². The van der Waals surface area contributed by atoms with Crippen LogP contribution in [0.4, 0.5) is 0 Å². The second kappa shape index (κ2) is 8.31. The van der Waals surface area contributed by atoms with Gasteiger partial charge in [-0.05, 0) is 38.0 Å². The van der Waals surface area contributed by atoms with Gasteiger partial charge in [0.25, 0.3) is 5.91 Å². The highest BCUT2D eigenvalue weighted by molar-refractivity contribution is 7.89. The van der Waals surface area contributed by atoms with E-state index in [-0.39, 0.29) is 16.5 Å². The Morgan fingerprint density at radius 3 is 2.43 bits per heavy atom. The minimum atomic E-state index is -3.68. The van der Waals surface area contributed by atoms with E-state index in [4.69, 9.17) is 10.4 Å². The van der Waals surface area contributed by atoms with E-state index in [0.717, 1.165) is 5.56 Å². The van der Waals surface area contributed by atoms with Gasteiger partial charge in [0.05, 0.1) is 4.90 Å². The van der Waals surface area contributed by atoms with E-state index < -0.39 is 15.9 Å². The maximum Gasteiger partial charge on any atom is 0.263 e. The van der Waals surface area contributed by atoms with Gasteiger partial charge in [0.2, 0.25) is 10.0 Å². The number of nitrogens with two attached hydrogens (primary N) is 1. The minimum absolute atomic E-state index is 0.00303. The number of nitriles is 1. The van der Waals surface area contributed by atoms with Crippen LogP contribution in [0.25, 0.3) is 0 Å². The largest absolute Gasteiger partial charge is 0.389 e. The Bertz CT molecular complexity index is 716. The second-order valence-electron chi connectivity index (χ2n) is 5.19. The standard InChI is InChI=1S/C15H20N4O3S/c1-11(2)19-15(20)13(9-16)10-18-8-7-12-3-5-14(6-4-12)23(17,21)22/h3-6,10-11,18H,7-8H2,1-2H3,(H,19,20)(H2,17,21,22)/b13-10-. The number of nitrogens with zero attached hydrogens (tertiary/aromatic N) is 1. The van der Waals surface area contributed by atoms with Crippen LogP contribution in [0.1, 0.15) is 19.4 Å². The molecule has 1 aromatic rings. The van der Waals surface area contributed by atoms with Crippen LogP contribution in [-0.4, -0.2) is 26.9 Å². The third-order valence-corrected chi connectivity index (χ3v) is 3.77. The van der Waals surface area contributed by atoms with E-state index in [1.807, 2.05) is 19.9 Å². The van der Waals surface area contributed by atoms with Gasteiger partial charge in [0, 0.05) is 18.8 Å². The summed E-state index contributed by atoms with van der Waals surface area (Å²) in [5.74, 6) is -0.424. The Labute approximate surface area is 136 Å². The Kier molecular flexibility index (Phi) is 6.75. The van der Waals surface area contributed by atoms with Gasteiger partial charge in [0.1, 0.15) is 11.6 Å². The van der Waals surface area contributed by atoms with Crippen LogP contribution in [0.15, 0.2) is 40.9 Å². The van der Waals surface area contributed by atoms with E-state index in [2.05, 4.69) is 10.6 Å². The van der Waals surface area contributed by atoms with Crippen LogP contribution >= 0.6 is 0 Å². The number of amides is 1.